The molecule has 2 aromatic rings. The molecule has 6 nitrogen and oxygen atoms in total. The predicted molar refractivity (Wildman–Crippen MR) is 120 cm³/mol. The van der Waals surface area contributed by atoms with E-state index in [1.54, 1.807) is 0 Å². The maximum absolute atomic E-state index is 12.8. The first-order valence-electron chi connectivity index (χ1n) is 10.3. The van der Waals surface area contributed by atoms with Gasteiger partial charge < -0.3 is 10.2 Å². The predicted octanol–water partition coefficient (Wildman–Crippen LogP) is 3.82. The number of hydrogen-bond donors (Lipinski definition) is 1. The molecule has 2 aromatic carbocycles. The summed E-state index contributed by atoms with van der Waals surface area (Å²) in [5.41, 5.74) is 3.87. The zero-order valence-electron chi connectivity index (χ0n) is 17.0. The zero-order valence-corrected chi connectivity index (χ0v) is 18.6. The van der Waals surface area contributed by atoms with Crippen LogP contribution in [0.2, 0.25) is 5.02 Å². The van der Waals surface area contributed by atoms with Crippen LogP contribution in [0.15, 0.2) is 41.3 Å². The Balaban J connectivity index is 1.50. The van der Waals surface area contributed by atoms with Crippen LogP contribution in [-0.2, 0) is 21.2 Å². The number of benzene rings is 2. The van der Waals surface area contributed by atoms with Gasteiger partial charge in [-0.1, -0.05) is 29.3 Å². The van der Waals surface area contributed by atoms with Crippen molar-refractivity contribution in [1.82, 2.24) is 4.31 Å². The van der Waals surface area contributed by atoms with Crippen LogP contribution in [0.5, 0.6) is 0 Å². The fourth-order valence-electron chi connectivity index (χ4n) is 4.17. The molecule has 1 saturated heterocycles. The van der Waals surface area contributed by atoms with E-state index in [2.05, 4.69) is 35.3 Å². The third kappa shape index (κ3) is 4.33. The number of carbonyl (C=O) groups is 1. The largest absolute Gasteiger partial charge is 0.362 e. The molecule has 0 aromatic heterocycles. The second-order valence-electron chi connectivity index (χ2n) is 7.96. The Kier molecular flexibility index (Phi) is 6.04. The van der Waals surface area contributed by atoms with Crippen molar-refractivity contribution < 1.29 is 13.2 Å². The summed E-state index contributed by atoms with van der Waals surface area (Å²) in [7, 11) is -3.57. The van der Waals surface area contributed by atoms with Gasteiger partial charge >= 0.3 is 0 Å². The molecule has 2 aliphatic rings. The van der Waals surface area contributed by atoms with Crippen LogP contribution in [0.4, 0.5) is 11.4 Å². The van der Waals surface area contributed by atoms with E-state index in [1.165, 1.54) is 33.6 Å². The van der Waals surface area contributed by atoms with Crippen molar-refractivity contribution in [2.75, 3.05) is 36.4 Å². The van der Waals surface area contributed by atoms with Gasteiger partial charge in [0.2, 0.25) is 15.9 Å². The van der Waals surface area contributed by atoms with Crippen molar-refractivity contribution in [1.29, 1.82) is 0 Å². The van der Waals surface area contributed by atoms with Crippen LogP contribution in [-0.4, -0.2) is 44.8 Å². The summed E-state index contributed by atoms with van der Waals surface area (Å²) in [6.07, 6.45) is 3.74. The summed E-state index contributed by atoms with van der Waals surface area (Å²) >= 11 is 6.25. The van der Waals surface area contributed by atoms with Crippen molar-refractivity contribution >= 4 is 38.9 Å². The van der Waals surface area contributed by atoms with Crippen molar-refractivity contribution in [3.63, 3.8) is 0 Å². The number of aryl methyl sites for hydroxylation is 2. The van der Waals surface area contributed by atoms with Gasteiger partial charge in [0, 0.05) is 25.3 Å². The average Bonchev–Trinajstić information content (AvgIpc) is 3.25. The number of carbonyl (C=O) groups excluding carboxylic acids is 1. The van der Waals surface area contributed by atoms with Crippen LogP contribution in [0.3, 0.4) is 0 Å². The molecular formula is C22H26ClN3O3S. The first kappa shape index (κ1) is 21.2. The highest BCUT2D eigenvalue weighted by Gasteiger charge is 2.28. The first-order chi connectivity index (χ1) is 14.3. The third-order valence-corrected chi connectivity index (χ3v) is 7.92. The number of fused-ring (bicyclic) bond motifs is 1. The fourth-order valence-corrected chi connectivity index (χ4v) is 5.88. The second-order valence-corrected chi connectivity index (χ2v) is 10.3. The average molecular weight is 448 g/mol. The number of sulfonamides is 1. The monoisotopic (exact) mass is 447 g/mol. The van der Waals surface area contributed by atoms with Gasteiger partial charge in [-0.15, -0.1) is 0 Å². The van der Waals surface area contributed by atoms with Crippen LogP contribution < -0.4 is 10.2 Å². The molecule has 1 N–H and O–H groups in total. The lowest BCUT2D eigenvalue weighted by molar-refractivity contribution is -0.115. The van der Waals surface area contributed by atoms with Gasteiger partial charge in [0.25, 0.3) is 0 Å². The third-order valence-electron chi connectivity index (χ3n) is 5.70. The molecule has 2 aliphatic heterocycles. The zero-order chi connectivity index (χ0) is 21.3. The van der Waals surface area contributed by atoms with E-state index in [-0.39, 0.29) is 17.3 Å². The van der Waals surface area contributed by atoms with E-state index in [0.717, 1.165) is 37.9 Å². The normalized spacial score (nSPS) is 17.1. The van der Waals surface area contributed by atoms with Crippen molar-refractivity contribution in [3.8, 4) is 0 Å². The topological polar surface area (TPSA) is 69.7 Å². The van der Waals surface area contributed by atoms with E-state index in [9.17, 15) is 13.2 Å². The molecule has 0 aliphatic carbocycles. The number of hydrogen-bond acceptors (Lipinski definition) is 4. The van der Waals surface area contributed by atoms with E-state index in [0.29, 0.717) is 23.8 Å². The summed E-state index contributed by atoms with van der Waals surface area (Å²) in [5, 5.41) is 3.13. The minimum atomic E-state index is -3.57. The highest BCUT2D eigenvalue weighted by Crippen LogP contribution is 2.30. The second kappa shape index (κ2) is 8.57. The summed E-state index contributed by atoms with van der Waals surface area (Å²) in [5.74, 6) is -0.221. The summed E-state index contributed by atoms with van der Waals surface area (Å²) in [6.45, 7) is 4.12. The fraction of sp³-hybridized carbons (Fsp3) is 0.409. The maximum atomic E-state index is 12.8. The van der Waals surface area contributed by atoms with E-state index < -0.39 is 10.0 Å². The molecule has 0 atom stereocenters. The maximum Gasteiger partial charge on any atom is 0.243 e. The molecule has 4 rings (SSSR count). The van der Waals surface area contributed by atoms with Crippen molar-refractivity contribution in [2.24, 2.45) is 0 Å². The molecule has 0 bridgehead atoms. The van der Waals surface area contributed by atoms with Crippen LogP contribution in [0.25, 0.3) is 0 Å². The van der Waals surface area contributed by atoms with E-state index >= 15 is 0 Å². The summed E-state index contributed by atoms with van der Waals surface area (Å²) < 4.78 is 27.1. The quantitative estimate of drug-likeness (QED) is 0.756. The van der Waals surface area contributed by atoms with Crippen LogP contribution in [0, 0.1) is 6.92 Å². The Morgan fingerprint density at radius 2 is 1.83 bits per heavy atom. The van der Waals surface area contributed by atoms with Gasteiger partial charge in [-0.25, -0.2) is 8.42 Å². The molecule has 0 unspecified atom stereocenters. The lowest BCUT2D eigenvalue weighted by atomic mass is 9.99. The van der Waals surface area contributed by atoms with Gasteiger partial charge in [-0.05, 0) is 62.4 Å². The lowest BCUT2D eigenvalue weighted by Gasteiger charge is -2.31. The molecule has 160 valence electrons. The standard InChI is InChI=1S/C22H26ClN3O3S/c1-16-6-9-21-17(13-16)5-4-10-25(21)15-22(27)24-20-14-18(7-8-19(20)23)30(28,29)26-11-2-3-12-26/h6-9,13-14H,2-5,10-12,15H2,1H3,(H,24,27). The molecule has 1 fully saturated rings. The van der Waals surface area contributed by atoms with Gasteiger partial charge in [-0.3, -0.25) is 4.79 Å². The minimum absolute atomic E-state index is 0.155. The Bertz CT molecular complexity index is 1070. The number of nitrogens with one attached hydrogen (secondary N) is 1. The number of nitrogens with zero attached hydrogens (tertiary/aromatic N) is 2. The number of anilines is 2. The highest BCUT2D eigenvalue weighted by molar-refractivity contribution is 7.89. The van der Waals surface area contributed by atoms with E-state index in [1.807, 2.05) is 0 Å². The van der Waals surface area contributed by atoms with Gasteiger partial charge in [-0.2, -0.15) is 4.31 Å². The van der Waals surface area contributed by atoms with Gasteiger partial charge in [0.1, 0.15) is 0 Å². The molecule has 30 heavy (non-hydrogen) atoms. The molecule has 0 radical (unpaired) electrons. The number of amides is 1. The van der Waals surface area contributed by atoms with Gasteiger partial charge in [0.05, 0.1) is 22.2 Å². The summed E-state index contributed by atoms with van der Waals surface area (Å²) in [4.78, 5) is 15.0. The number of rotatable bonds is 5. The van der Waals surface area contributed by atoms with E-state index in [4.69, 9.17) is 11.6 Å². The Labute approximate surface area is 182 Å². The van der Waals surface area contributed by atoms with Crippen molar-refractivity contribution in [2.45, 2.75) is 37.5 Å². The molecule has 1 amide bonds. The van der Waals surface area contributed by atoms with Crippen LogP contribution in [0.1, 0.15) is 30.4 Å². The molecule has 8 heteroatoms. The SMILES string of the molecule is Cc1ccc2c(c1)CCCN2CC(=O)Nc1cc(S(=O)(=O)N2CCCC2)ccc1Cl. The molecule has 0 spiro atoms. The minimum Gasteiger partial charge on any atom is -0.362 e. The molecular weight excluding hydrogens is 422 g/mol. The highest BCUT2D eigenvalue weighted by atomic mass is 35.5. The Morgan fingerprint density at radius 1 is 1.07 bits per heavy atom. The summed E-state index contributed by atoms with van der Waals surface area (Å²) in [6, 6.07) is 10.8. The van der Waals surface area contributed by atoms with Crippen molar-refractivity contribution in [3.05, 3.63) is 52.5 Å². The number of halogens is 1. The molecule has 0 saturated carbocycles. The Morgan fingerprint density at radius 3 is 2.60 bits per heavy atom. The van der Waals surface area contributed by atoms with Gasteiger partial charge in [0.15, 0.2) is 0 Å². The Hall–Kier alpha value is -2.09. The first-order valence-corrected chi connectivity index (χ1v) is 12.1. The smallest absolute Gasteiger partial charge is 0.243 e. The molecule has 2 heterocycles. The van der Waals surface area contributed by atoms with Crippen LogP contribution >= 0.6 is 11.6 Å². The lowest BCUT2D eigenvalue weighted by Crippen LogP contribution is -2.36.